The fourth-order valence-corrected chi connectivity index (χ4v) is 5.17. The van der Waals surface area contributed by atoms with Gasteiger partial charge in [0.25, 0.3) is 0 Å². The van der Waals surface area contributed by atoms with Crippen LogP contribution in [0.25, 0.3) is 27.9 Å². The molecule has 0 aliphatic heterocycles. The van der Waals surface area contributed by atoms with Crippen molar-refractivity contribution in [3.05, 3.63) is 30.2 Å². The maximum atomic E-state index is 12.9. The van der Waals surface area contributed by atoms with Gasteiger partial charge in [-0.25, -0.2) is 18.9 Å². The van der Waals surface area contributed by atoms with E-state index in [-0.39, 0.29) is 23.9 Å². The third kappa shape index (κ3) is 4.82. The molecule has 0 aromatic carbocycles. The van der Waals surface area contributed by atoms with Crippen molar-refractivity contribution in [3.8, 4) is 11.3 Å². The van der Waals surface area contributed by atoms with E-state index in [1.165, 1.54) is 0 Å². The minimum atomic E-state index is -0.468. The SMILES string of the molecule is CCC1(NC(C)=O)CC(C)C1.CNc1nc(N)nn2ccc(-c3ccc4nc(C)n(CCF)c4n3)c12. The number of nitrogens with zero attached hydrogens (tertiary/aromatic N) is 6. The molecule has 0 radical (unpaired) electrons. The number of anilines is 2. The van der Waals surface area contributed by atoms with Gasteiger partial charge >= 0.3 is 0 Å². The van der Waals surface area contributed by atoms with Crippen molar-refractivity contribution in [3.63, 3.8) is 0 Å². The Balaban J connectivity index is 0.000000233. The minimum absolute atomic E-state index is 0.110. The third-order valence-corrected chi connectivity index (χ3v) is 6.73. The van der Waals surface area contributed by atoms with Crippen molar-refractivity contribution < 1.29 is 9.18 Å². The highest BCUT2D eigenvalue weighted by atomic mass is 19.1. The number of rotatable bonds is 6. The number of alkyl halides is 1. The highest BCUT2D eigenvalue weighted by molar-refractivity contribution is 5.89. The van der Waals surface area contributed by atoms with Gasteiger partial charge in [-0.15, -0.1) is 5.10 Å². The number of imidazole rings is 1. The van der Waals surface area contributed by atoms with E-state index in [2.05, 4.69) is 39.5 Å². The average molecular weight is 496 g/mol. The maximum Gasteiger partial charge on any atom is 0.240 e. The molecule has 36 heavy (non-hydrogen) atoms. The number of pyridine rings is 1. The molecule has 0 atom stereocenters. The standard InChI is InChI=1S/C16H17FN8.C9H17NO/c1-9-20-12-4-3-11(21-15(12)24(9)8-6-17)10-5-7-25-13(10)14(19-2)22-16(18)23-25;1-4-9(10-8(3)11)5-7(2)6-9/h3-5,7H,6,8H2,1-2H3,(H3,18,19,22,23);7H,4-6H2,1-3H3,(H,10,11). The molecule has 4 aromatic rings. The normalized spacial score (nSPS) is 19.0. The molecule has 0 unspecified atom stereocenters. The van der Waals surface area contributed by atoms with Gasteiger partial charge in [-0.05, 0) is 50.3 Å². The largest absolute Gasteiger partial charge is 0.371 e. The van der Waals surface area contributed by atoms with E-state index < -0.39 is 6.67 Å². The topological polar surface area (TPSA) is 128 Å². The first-order chi connectivity index (χ1) is 17.2. The molecule has 0 spiro atoms. The Labute approximate surface area is 209 Å². The van der Waals surface area contributed by atoms with Crippen LogP contribution >= 0.6 is 0 Å². The van der Waals surface area contributed by atoms with E-state index in [1.54, 1.807) is 29.3 Å². The van der Waals surface area contributed by atoms with Gasteiger partial charge < -0.3 is 20.9 Å². The first kappa shape index (κ1) is 25.3. The molecule has 0 bridgehead atoms. The predicted molar refractivity (Wildman–Crippen MR) is 139 cm³/mol. The summed E-state index contributed by atoms with van der Waals surface area (Å²) < 4.78 is 16.3. The Morgan fingerprint density at radius 1 is 1.25 bits per heavy atom. The Morgan fingerprint density at radius 2 is 2.00 bits per heavy atom. The number of carbonyl (C=O) groups excluding carboxylic acids is 1. The molecule has 4 heterocycles. The zero-order valence-corrected chi connectivity index (χ0v) is 21.5. The van der Waals surface area contributed by atoms with E-state index in [0.717, 1.165) is 53.3 Å². The Bertz CT molecular complexity index is 1390. The molecule has 10 nitrogen and oxygen atoms in total. The molecule has 1 amide bonds. The zero-order chi connectivity index (χ0) is 26.0. The Morgan fingerprint density at radius 3 is 2.61 bits per heavy atom. The fraction of sp³-hybridized carbons (Fsp3) is 0.480. The lowest BCUT2D eigenvalue weighted by molar-refractivity contribution is -0.122. The number of fused-ring (bicyclic) bond motifs is 2. The number of aromatic nitrogens is 6. The van der Waals surface area contributed by atoms with Gasteiger partial charge in [0.05, 0.1) is 12.2 Å². The molecule has 0 saturated heterocycles. The van der Waals surface area contributed by atoms with Gasteiger partial charge in [-0.3, -0.25) is 4.79 Å². The lowest BCUT2D eigenvalue weighted by Gasteiger charge is -2.46. The maximum absolute atomic E-state index is 12.9. The summed E-state index contributed by atoms with van der Waals surface area (Å²) in [5.74, 6) is 2.44. The quantitative estimate of drug-likeness (QED) is 0.372. The van der Waals surface area contributed by atoms with Crippen molar-refractivity contribution in [2.75, 3.05) is 24.8 Å². The van der Waals surface area contributed by atoms with Crippen LogP contribution in [0.15, 0.2) is 24.4 Å². The first-order valence-corrected chi connectivity index (χ1v) is 12.2. The monoisotopic (exact) mass is 495 g/mol. The summed E-state index contributed by atoms with van der Waals surface area (Å²) >= 11 is 0. The van der Waals surface area contributed by atoms with Gasteiger partial charge in [0.15, 0.2) is 11.5 Å². The molecule has 4 N–H and O–H groups in total. The molecule has 1 aliphatic carbocycles. The first-order valence-electron chi connectivity index (χ1n) is 12.2. The summed E-state index contributed by atoms with van der Waals surface area (Å²) in [6.45, 7) is 7.58. The van der Waals surface area contributed by atoms with Gasteiger partial charge in [0, 0.05) is 31.3 Å². The molecule has 192 valence electrons. The zero-order valence-electron chi connectivity index (χ0n) is 21.5. The smallest absolute Gasteiger partial charge is 0.240 e. The van der Waals surface area contributed by atoms with Crippen LogP contribution in [-0.2, 0) is 11.3 Å². The average Bonchev–Trinajstić information content (AvgIpc) is 3.38. The van der Waals surface area contributed by atoms with E-state index in [0.29, 0.717) is 11.5 Å². The van der Waals surface area contributed by atoms with Crippen LogP contribution in [0.2, 0.25) is 0 Å². The summed E-state index contributed by atoms with van der Waals surface area (Å²) in [4.78, 5) is 24.2. The molecular formula is C25H34FN9O. The van der Waals surface area contributed by atoms with Crippen molar-refractivity contribution in [1.82, 2.24) is 34.4 Å². The second kappa shape index (κ2) is 10.1. The van der Waals surface area contributed by atoms with Crippen LogP contribution in [0.3, 0.4) is 0 Å². The highest BCUT2D eigenvalue weighted by Crippen LogP contribution is 2.39. The molecule has 1 saturated carbocycles. The Hall–Kier alpha value is -3.76. The highest BCUT2D eigenvalue weighted by Gasteiger charge is 2.40. The summed E-state index contributed by atoms with van der Waals surface area (Å²) in [7, 11) is 1.77. The van der Waals surface area contributed by atoms with E-state index >= 15 is 0 Å². The third-order valence-electron chi connectivity index (χ3n) is 6.73. The number of nitrogen functional groups attached to an aromatic ring is 1. The van der Waals surface area contributed by atoms with Crippen molar-refractivity contribution in [1.29, 1.82) is 0 Å². The lowest BCUT2D eigenvalue weighted by Crippen LogP contribution is -2.55. The second-order valence-electron chi connectivity index (χ2n) is 9.46. The number of amides is 1. The van der Waals surface area contributed by atoms with Crippen molar-refractivity contribution in [2.24, 2.45) is 5.92 Å². The minimum Gasteiger partial charge on any atom is -0.371 e. The molecule has 4 aromatic heterocycles. The summed E-state index contributed by atoms with van der Waals surface area (Å²) in [5.41, 5.74) is 9.66. The lowest BCUT2D eigenvalue weighted by atomic mass is 9.67. The van der Waals surface area contributed by atoms with E-state index in [4.69, 9.17) is 10.7 Å². The molecular weight excluding hydrogens is 461 g/mol. The van der Waals surface area contributed by atoms with Crippen LogP contribution in [0.5, 0.6) is 0 Å². The molecule has 1 fully saturated rings. The number of nitrogens with one attached hydrogen (secondary N) is 2. The Kier molecular flexibility index (Phi) is 7.09. The van der Waals surface area contributed by atoms with Crippen molar-refractivity contribution in [2.45, 2.75) is 59.0 Å². The summed E-state index contributed by atoms with van der Waals surface area (Å²) in [5, 5.41) is 10.3. The predicted octanol–water partition coefficient (Wildman–Crippen LogP) is 3.74. The second-order valence-corrected chi connectivity index (χ2v) is 9.46. The van der Waals surface area contributed by atoms with Crippen molar-refractivity contribution >= 4 is 34.4 Å². The number of hydrogen-bond donors (Lipinski definition) is 3. The summed E-state index contributed by atoms with van der Waals surface area (Å²) in [6, 6.07) is 5.68. The van der Waals surface area contributed by atoms with Gasteiger partial charge in [-0.2, -0.15) is 4.98 Å². The fourth-order valence-electron chi connectivity index (χ4n) is 5.17. The summed E-state index contributed by atoms with van der Waals surface area (Å²) in [6.07, 6.45) is 5.18. The molecule has 11 heteroatoms. The number of hydrogen-bond acceptors (Lipinski definition) is 7. The van der Waals surface area contributed by atoms with Crippen LogP contribution in [0, 0.1) is 12.8 Å². The van der Waals surface area contributed by atoms with Gasteiger partial charge in [-0.1, -0.05) is 13.8 Å². The number of carbonyl (C=O) groups is 1. The van der Waals surface area contributed by atoms with Crippen LogP contribution in [0.1, 0.15) is 45.9 Å². The number of nitrogens with two attached hydrogens (primary N) is 1. The molecule has 1 aliphatic rings. The van der Waals surface area contributed by atoms with Crippen LogP contribution < -0.4 is 16.4 Å². The van der Waals surface area contributed by atoms with E-state index in [1.807, 2.05) is 25.1 Å². The van der Waals surface area contributed by atoms with Crippen LogP contribution in [-0.4, -0.2) is 54.3 Å². The number of aryl methyl sites for hydroxylation is 2. The van der Waals surface area contributed by atoms with Gasteiger partial charge in [0.1, 0.15) is 23.5 Å². The van der Waals surface area contributed by atoms with Crippen LogP contribution in [0.4, 0.5) is 16.2 Å². The van der Waals surface area contributed by atoms with E-state index in [9.17, 15) is 9.18 Å². The molecule has 5 rings (SSSR count). The number of halogens is 1. The van der Waals surface area contributed by atoms with Gasteiger partial charge in [0.2, 0.25) is 11.9 Å².